The number of pyridine rings is 1. The van der Waals surface area contributed by atoms with Crippen LogP contribution in [0.1, 0.15) is 41.6 Å². The fourth-order valence-electron chi connectivity index (χ4n) is 5.29. The molecule has 41 heavy (non-hydrogen) atoms. The van der Waals surface area contributed by atoms with Crippen LogP contribution in [-0.4, -0.2) is 63.8 Å². The molecular weight excluding hydrogens is 569 g/mol. The third kappa shape index (κ3) is 4.93. The number of aromatic nitrogens is 5. The van der Waals surface area contributed by atoms with E-state index in [4.69, 9.17) is 28.2 Å². The maximum atomic E-state index is 14.2. The summed E-state index contributed by atoms with van der Waals surface area (Å²) in [5.41, 5.74) is 4.59. The third-order valence-electron chi connectivity index (χ3n) is 7.31. The fourth-order valence-corrected chi connectivity index (χ4v) is 5.54. The highest BCUT2D eigenvalue weighted by Crippen LogP contribution is 2.40. The summed E-state index contributed by atoms with van der Waals surface area (Å²) in [4.78, 5) is 23.6. The number of H-pyrrole nitrogens is 1. The predicted octanol–water partition coefficient (Wildman–Crippen LogP) is 3.56. The van der Waals surface area contributed by atoms with Gasteiger partial charge in [0.25, 0.3) is 5.56 Å². The van der Waals surface area contributed by atoms with E-state index >= 15 is 0 Å². The minimum Gasteiger partial charge on any atom is -0.394 e. The molecule has 10 nitrogen and oxygen atoms in total. The van der Waals surface area contributed by atoms with Crippen LogP contribution in [0.25, 0.3) is 39.6 Å². The molecule has 0 spiro atoms. The summed E-state index contributed by atoms with van der Waals surface area (Å²) in [7, 11) is 0. The number of hydrogen-bond acceptors (Lipinski definition) is 8. The van der Waals surface area contributed by atoms with Crippen LogP contribution in [0, 0.1) is 0 Å². The number of nitrogens with zero attached hydrogens (tertiary/aromatic N) is 4. The fraction of sp³-hybridized carbons (Fsp3) is 0.241. The van der Waals surface area contributed by atoms with Gasteiger partial charge in [0.05, 0.1) is 17.7 Å². The number of aromatic amines is 1. The Morgan fingerprint density at radius 2 is 1.66 bits per heavy atom. The van der Waals surface area contributed by atoms with Crippen LogP contribution in [-0.2, 0) is 6.42 Å². The zero-order chi connectivity index (χ0) is 28.8. The minimum absolute atomic E-state index is 0.00390. The van der Waals surface area contributed by atoms with Gasteiger partial charge in [-0.3, -0.25) is 4.79 Å². The molecule has 0 bridgehead atoms. The molecule has 0 unspecified atom stereocenters. The number of fused-ring (bicyclic) bond motifs is 3. The highest BCUT2D eigenvalue weighted by molar-refractivity contribution is 6.31. The van der Waals surface area contributed by atoms with E-state index in [2.05, 4.69) is 21.3 Å². The number of benzene rings is 2. The molecule has 0 saturated heterocycles. The first kappa shape index (κ1) is 27.5. The number of aliphatic hydroxyl groups excluding tert-OH is 4. The zero-order valence-corrected chi connectivity index (χ0v) is 23.0. The summed E-state index contributed by atoms with van der Waals surface area (Å²) in [6, 6.07) is 14.6. The molecule has 3 aromatic heterocycles. The molecule has 3 heterocycles. The number of aliphatic hydroxyl groups is 4. The largest absolute Gasteiger partial charge is 0.394 e. The van der Waals surface area contributed by atoms with Crippen LogP contribution in [0.3, 0.4) is 0 Å². The highest BCUT2D eigenvalue weighted by atomic mass is 35.5. The van der Waals surface area contributed by atoms with Gasteiger partial charge in [0.1, 0.15) is 18.3 Å². The maximum Gasteiger partial charge on any atom is 0.270 e. The second-order valence-corrected chi connectivity index (χ2v) is 10.8. The lowest BCUT2D eigenvalue weighted by Crippen LogP contribution is -2.36. The Labute approximate surface area is 243 Å². The van der Waals surface area contributed by atoms with Crippen LogP contribution in [0.15, 0.2) is 53.3 Å². The number of nitrogens with one attached hydrogen (secondary N) is 1. The minimum atomic E-state index is -1.80. The van der Waals surface area contributed by atoms with Crippen LogP contribution >= 0.6 is 23.2 Å². The van der Waals surface area contributed by atoms with Crippen LogP contribution in [0.2, 0.25) is 10.0 Å². The summed E-state index contributed by atoms with van der Waals surface area (Å²) in [6.07, 6.45) is -0.904. The molecular formula is C29H25Cl2N5O5. The summed E-state index contributed by atoms with van der Waals surface area (Å²) >= 11 is 12.3. The number of rotatable bonds is 6. The van der Waals surface area contributed by atoms with Crippen molar-refractivity contribution in [2.24, 2.45) is 0 Å². The van der Waals surface area contributed by atoms with Gasteiger partial charge in [0.2, 0.25) is 5.78 Å². The second kappa shape index (κ2) is 11.0. The van der Waals surface area contributed by atoms with E-state index in [0.29, 0.717) is 22.0 Å². The molecule has 0 fully saturated rings. The lowest BCUT2D eigenvalue weighted by Gasteiger charge is -2.23. The Kier molecular flexibility index (Phi) is 7.37. The Balaban J connectivity index is 1.64. The zero-order valence-electron chi connectivity index (χ0n) is 21.5. The summed E-state index contributed by atoms with van der Waals surface area (Å²) in [6.45, 7) is -0.792. The Hall–Kier alpha value is -3.64. The number of halogens is 2. The van der Waals surface area contributed by atoms with Gasteiger partial charge >= 0.3 is 0 Å². The number of allylic oxidation sites excluding steroid dienone is 1. The third-order valence-corrected chi connectivity index (χ3v) is 7.81. The summed E-state index contributed by atoms with van der Waals surface area (Å²) < 4.78 is 1.06. The van der Waals surface area contributed by atoms with Gasteiger partial charge in [-0.25, -0.2) is 14.5 Å². The van der Waals surface area contributed by atoms with Crippen LogP contribution in [0.4, 0.5) is 0 Å². The Bertz CT molecular complexity index is 1850. The van der Waals surface area contributed by atoms with Crippen molar-refractivity contribution in [1.29, 1.82) is 0 Å². The lowest BCUT2D eigenvalue weighted by molar-refractivity contribution is -0.0806. The smallest absolute Gasteiger partial charge is 0.270 e. The molecule has 3 atom stereocenters. The van der Waals surface area contributed by atoms with Gasteiger partial charge in [0.15, 0.2) is 11.5 Å². The molecule has 0 saturated carbocycles. The van der Waals surface area contributed by atoms with E-state index < -0.39 is 30.5 Å². The van der Waals surface area contributed by atoms with Crippen molar-refractivity contribution in [2.45, 2.75) is 37.6 Å². The van der Waals surface area contributed by atoms with E-state index in [9.17, 15) is 25.2 Å². The van der Waals surface area contributed by atoms with E-state index in [1.807, 2.05) is 36.4 Å². The Morgan fingerprint density at radius 3 is 2.34 bits per heavy atom. The summed E-state index contributed by atoms with van der Waals surface area (Å²) in [5.74, 6) is -0.265. The van der Waals surface area contributed by atoms with Gasteiger partial charge < -0.3 is 20.4 Å². The van der Waals surface area contributed by atoms with Gasteiger partial charge in [-0.2, -0.15) is 10.1 Å². The van der Waals surface area contributed by atoms with E-state index in [1.54, 1.807) is 12.1 Å². The first-order chi connectivity index (χ1) is 19.8. The molecule has 6 rings (SSSR count). The molecule has 210 valence electrons. The van der Waals surface area contributed by atoms with Crippen molar-refractivity contribution in [3.05, 3.63) is 91.6 Å². The second-order valence-electron chi connectivity index (χ2n) is 9.94. The SMILES string of the molecule is O=c1c2c(-c3ccc(Cl)cc3)c3c(nc2nc2[nH]nc([C@H](O)[C@@H](O)[C@H](O)CO)n12)/C(=C/c1ccc(Cl)cc1)CCC3. The maximum absolute atomic E-state index is 14.2. The van der Waals surface area contributed by atoms with Crippen molar-refractivity contribution in [1.82, 2.24) is 24.6 Å². The molecule has 1 aliphatic rings. The Morgan fingerprint density at radius 1 is 0.976 bits per heavy atom. The first-order valence-electron chi connectivity index (χ1n) is 13.0. The quantitative estimate of drug-likeness (QED) is 0.200. The van der Waals surface area contributed by atoms with Gasteiger partial charge in [-0.15, -0.1) is 0 Å². The van der Waals surface area contributed by atoms with Crippen molar-refractivity contribution in [3.63, 3.8) is 0 Å². The van der Waals surface area contributed by atoms with Crippen LogP contribution in [0.5, 0.6) is 0 Å². The molecule has 2 aromatic carbocycles. The van der Waals surface area contributed by atoms with E-state index in [1.165, 1.54) is 0 Å². The lowest BCUT2D eigenvalue weighted by atomic mass is 9.84. The average molecular weight is 594 g/mol. The first-order valence-corrected chi connectivity index (χ1v) is 13.7. The topological polar surface area (TPSA) is 157 Å². The summed E-state index contributed by atoms with van der Waals surface area (Å²) in [5, 5.41) is 48.2. The standard InChI is InChI=1S/C29H25Cl2N5O5/c30-17-8-4-14(5-9-17)12-16-2-1-3-19-21(15-6-10-18(31)11-7-15)22-26(32-23(16)19)33-29-35-34-27(36(29)28(22)41)25(40)24(39)20(38)13-37/h4-12,20,24-25,37-40H,1-3,13H2,(H,32,33,35)/b16-12+/t20-,24+,25-/m1/s1. The molecule has 0 amide bonds. The number of hydrogen-bond donors (Lipinski definition) is 5. The van der Waals surface area contributed by atoms with E-state index in [-0.39, 0.29) is 22.6 Å². The van der Waals surface area contributed by atoms with Crippen molar-refractivity contribution in [2.75, 3.05) is 6.61 Å². The van der Waals surface area contributed by atoms with Crippen LogP contribution < -0.4 is 5.56 Å². The molecule has 0 aliphatic heterocycles. The van der Waals surface area contributed by atoms with Crippen molar-refractivity contribution in [3.8, 4) is 11.1 Å². The van der Waals surface area contributed by atoms with Gasteiger partial charge in [-0.05, 0) is 71.9 Å². The van der Waals surface area contributed by atoms with Crippen molar-refractivity contribution >= 4 is 51.7 Å². The highest BCUT2D eigenvalue weighted by Gasteiger charge is 2.32. The normalized spacial score (nSPS) is 16.7. The molecule has 5 aromatic rings. The molecule has 5 N–H and O–H groups in total. The van der Waals surface area contributed by atoms with Crippen molar-refractivity contribution < 1.29 is 20.4 Å². The van der Waals surface area contributed by atoms with Gasteiger partial charge in [-0.1, -0.05) is 47.5 Å². The predicted molar refractivity (Wildman–Crippen MR) is 156 cm³/mol. The van der Waals surface area contributed by atoms with E-state index in [0.717, 1.165) is 45.2 Å². The molecule has 0 radical (unpaired) electrons. The average Bonchev–Trinajstić information content (AvgIpc) is 3.41. The molecule has 1 aliphatic carbocycles. The molecule has 12 heteroatoms. The monoisotopic (exact) mass is 593 g/mol. The van der Waals surface area contributed by atoms with Gasteiger partial charge in [0, 0.05) is 15.6 Å².